The number of hydrogen-bond acceptors (Lipinski definition) is 3. The lowest BCUT2D eigenvalue weighted by atomic mass is 10.0. The van der Waals surface area contributed by atoms with Crippen molar-refractivity contribution in [3.05, 3.63) is 34.9 Å². The first-order valence-corrected chi connectivity index (χ1v) is 4.87. The van der Waals surface area contributed by atoms with E-state index in [1.54, 1.807) is 30.1 Å². The van der Waals surface area contributed by atoms with Crippen molar-refractivity contribution in [3.63, 3.8) is 0 Å². The fourth-order valence-corrected chi connectivity index (χ4v) is 1.80. The highest BCUT2D eigenvalue weighted by molar-refractivity contribution is 5.98. The van der Waals surface area contributed by atoms with Crippen LogP contribution in [-0.4, -0.2) is 28.9 Å². The van der Waals surface area contributed by atoms with Crippen molar-refractivity contribution in [2.45, 2.75) is 12.6 Å². The molecular formula is C11H12N2O3. The van der Waals surface area contributed by atoms with Gasteiger partial charge < -0.3 is 15.7 Å². The van der Waals surface area contributed by atoms with Crippen LogP contribution in [0.5, 0.6) is 0 Å². The third kappa shape index (κ3) is 1.55. The van der Waals surface area contributed by atoms with Crippen LogP contribution in [0.25, 0.3) is 0 Å². The summed E-state index contributed by atoms with van der Waals surface area (Å²) in [5, 5.41) is 8.78. The van der Waals surface area contributed by atoms with Gasteiger partial charge in [-0.05, 0) is 17.2 Å². The van der Waals surface area contributed by atoms with E-state index >= 15 is 0 Å². The van der Waals surface area contributed by atoms with Crippen LogP contribution in [0.2, 0.25) is 0 Å². The van der Waals surface area contributed by atoms with Gasteiger partial charge in [-0.2, -0.15) is 0 Å². The average Bonchev–Trinajstić information content (AvgIpc) is 2.53. The molecule has 16 heavy (non-hydrogen) atoms. The number of carbonyl (C=O) groups excluding carboxylic acids is 1. The molecule has 0 aromatic heterocycles. The van der Waals surface area contributed by atoms with Crippen molar-refractivity contribution in [2.24, 2.45) is 5.73 Å². The number of benzene rings is 1. The third-order valence-corrected chi connectivity index (χ3v) is 2.74. The fourth-order valence-electron chi connectivity index (χ4n) is 1.80. The van der Waals surface area contributed by atoms with E-state index in [1.165, 1.54) is 0 Å². The lowest BCUT2D eigenvalue weighted by molar-refractivity contribution is -0.138. The summed E-state index contributed by atoms with van der Waals surface area (Å²) in [6, 6.07) is 3.91. The minimum atomic E-state index is -1.10. The van der Waals surface area contributed by atoms with Gasteiger partial charge in [0.2, 0.25) is 0 Å². The summed E-state index contributed by atoms with van der Waals surface area (Å²) in [5.74, 6) is -1.19. The predicted molar refractivity (Wildman–Crippen MR) is 56.8 cm³/mol. The van der Waals surface area contributed by atoms with Gasteiger partial charge in [0.25, 0.3) is 5.91 Å². The van der Waals surface area contributed by atoms with Crippen molar-refractivity contribution in [2.75, 3.05) is 7.05 Å². The Morgan fingerprint density at radius 3 is 2.88 bits per heavy atom. The van der Waals surface area contributed by atoms with Gasteiger partial charge in [0, 0.05) is 19.2 Å². The molecule has 0 saturated heterocycles. The molecule has 1 unspecified atom stereocenters. The zero-order valence-electron chi connectivity index (χ0n) is 8.80. The summed E-state index contributed by atoms with van der Waals surface area (Å²) in [6.07, 6.45) is 0. The summed E-state index contributed by atoms with van der Waals surface area (Å²) in [6.45, 7) is 0.566. The van der Waals surface area contributed by atoms with Crippen LogP contribution >= 0.6 is 0 Å². The van der Waals surface area contributed by atoms with Gasteiger partial charge in [0.05, 0.1) is 0 Å². The number of hydrogen-bond donors (Lipinski definition) is 2. The van der Waals surface area contributed by atoms with Gasteiger partial charge in [0.1, 0.15) is 6.04 Å². The van der Waals surface area contributed by atoms with Crippen LogP contribution < -0.4 is 5.73 Å². The molecule has 5 heteroatoms. The molecule has 3 N–H and O–H groups in total. The Kier molecular flexibility index (Phi) is 2.40. The van der Waals surface area contributed by atoms with Crippen molar-refractivity contribution in [3.8, 4) is 0 Å². The van der Waals surface area contributed by atoms with E-state index < -0.39 is 12.0 Å². The third-order valence-electron chi connectivity index (χ3n) is 2.74. The summed E-state index contributed by atoms with van der Waals surface area (Å²) >= 11 is 0. The van der Waals surface area contributed by atoms with Crippen LogP contribution in [0.1, 0.15) is 27.5 Å². The molecule has 1 aromatic rings. The number of nitrogens with two attached hydrogens (primary N) is 1. The van der Waals surface area contributed by atoms with Crippen molar-refractivity contribution in [1.29, 1.82) is 0 Å². The first-order valence-electron chi connectivity index (χ1n) is 4.87. The topological polar surface area (TPSA) is 83.6 Å². The minimum Gasteiger partial charge on any atom is -0.480 e. The second-order valence-electron chi connectivity index (χ2n) is 3.89. The van der Waals surface area contributed by atoms with Crippen LogP contribution in [0.4, 0.5) is 0 Å². The van der Waals surface area contributed by atoms with Crippen LogP contribution in [0, 0.1) is 0 Å². The second kappa shape index (κ2) is 3.61. The van der Waals surface area contributed by atoms with Gasteiger partial charge in [-0.15, -0.1) is 0 Å². The molecule has 0 fully saturated rings. The second-order valence-corrected chi connectivity index (χ2v) is 3.89. The first kappa shape index (κ1) is 10.6. The highest BCUT2D eigenvalue weighted by Gasteiger charge is 2.26. The molecule has 0 spiro atoms. The molecule has 0 aliphatic carbocycles. The van der Waals surface area contributed by atoms with E-state index in [-0.39, 0.29) is 5.91 Å². The molecule has 2 rings (SSSR count). The van der Waals surface area contributed by atoms with Gasteiger partial charge in [-0.1, -0.05) is 12.1 Å². The number of carboxylic acid groups (broad SMARTS) is 1. The molecule has 1 aromatic carbocycles. The van der Waals surface area contributed by atoms with Crippen molar-refractivity contribution < 1.29 is 14.7 Å². The quantitative estimate of drug-likeness (QED) is 0.753. The largest absolute Gasteiger partial charge is 0.480 e. The number of amides is 1. The SMILES string of the molecule is CN1Cc2ccc(C(N)C(=O)O)cc2C1=O. The minimum absolute atomic E-state index is 0.0885. The van der Waals surface area contributed by atoms with Crippen LogP contribution in [-0.2, 0) is 11.3 Å². The maximum Gasteiger partial charge on any atom is 0.325 e. The van der Waals surface area contributed by atoms with Gasteiger partial charge in [-0.25, -0.2) is 0 Å². The number of aliphatic carboxylic acids is 1. The zero-order chi connectivity index (χ0) is 11.9. The number of carbonyl (C=O) groups is 2. The summed E-state index contributed by atoms with van der Waals surface area (Å²) < 4.78 is 0. The number of carboxylic acids is 1. The van der Waals surface area contributed by atoms with Crippen molar-refractivity contribution in [1.82, 2.24) is 4.90 Å². The van der Waals surface area contributed by atoms with Gasteiger partial charge in [-0.3, -0.25) is 9.59 Å². The molecule has 1 amide bonds. The number of fused-ring (bicyclic) bond motifs is 1. The Labute approximate surface area is 92.5 Å². The molecule has 1 aliphatic heterocycles. The fraction of sp³-hybridized carbons (Fsp3) is 0.273. The molecule has 84 valence electrons. The Bertz CT molecular complexity index is 470. The highest BCUT2D eigenvalue weighted by Crippen LogP contribution is 2.24. The normalized spacial score (nSPS) is 16.1. The number of nitrogens with zero attached hydrogens (tertiary/aromatic N) is 1. The smallest absolute Gasteiger partial charge is 0.325 e. The Hall–Kier alpha value is -1.88. The maximum atomic E-state index is 11.7. The lowest BCUT2D eigenvalue weighted by Gasteiger charge is -2.07. The standard InChI is InChI=1S/C11H12N2O3/c1-13-5-7-3-2-6(9(12)11(15)16)4-8(7)10(13)14/h2-4,9H,5,12H2,1H3,(H,15,16). The van der Waals surface area contributed by atoms with Crippen LogP contribution in [0.15, 0.2) is 18.2 Å². The number of rotatable bonds is 2. The van der Waals surface area contributed by atoms with Crippen LogP contribution in [0.3, 0.4) is 0 Å². The Morgan fingerprint density at radius 1 is 1.56 bits per heavy atom. The predicted octanol–water partition coefficient (Wildman–Crippen LogP) is 0.357. The van der Waals surface area contributed by atoms with E-state index in [0.29, 0.717) is 17.7 Å². The molecule has 1 atom stereocenters. The summed E-state index contributed by atoms with van der Waals surface area (Å²) in [7, 11) is 1.71. The summed E-state index contributed by atoms with van der Waals surface area (Å²) in [5.41, 5.74) is 7.40. The molecule has 1 heterocycles. The molecule has 5 nitrogen and oxygen atoms in total. The molecule has 0 saturated carbocycles. The molecular weight excluding hydrogens is 208 g/mol. The molecule has 0 radical (unpaired) electrons. The Morgan fingerprint density at radius 2 is 2.25 bits per heavy atom. The van der Waals surface area contributed by atoms with E-state index in [9.17, 15) is 9.59 Å². The first-order chi connectivity index (χ1) is 7.50. The maximum absolute atomic E-state index is 11.7. The van der Waals surface area contributed by atoms with E-state index in [2.05, 4.69) is 0 Å². The molecule has 0 bridgehead atoms. The van der Waals surface area contributed by atoms with E-state index in [1.807, 2.05) is 0 Å². The lowest BCUT2D eigenvalue weighted by Crippen LogP contribution is -2.21. The van der Waals surface area contributed by atoms with E-state index in [0.717, 1.165) is 5.56 Å². The summed E-state index contributed by atoms with van der Waals surface area (Å²) in [4.78, 5) is 24.0. The average molecular weight is 220 g/mol. The van der Waals surface area contributed by atoms with Crippen molar-refractivity contribution >= 4 is 11.9 Å². The highest BCUT2D eigenvalue weighted by atomic mass is 16.4. The monoisotopic (exact) mass is 220 g/mol. The zero-order valence-corrected chi connectivity index (χ0v) is 8.80. The van der Waals surface area contributed by atoms with Gasteiger partial charge in [0.15, 0.2) is 0 Å². The molecule has 1 aliphatic rings. The Balaban J connectivity index is 2.41. The van der Waals surface area contributed by atoms with Gasteiger partial charge >= 0.3 is 5.97 Å². The van der Waals surface area contributed by atoms with E-state index in [4.69, 9.17) is 10.8 Å².